The molecule has 0 fully saturated rings. The number of anilines is 1. The topological polar surface area (TPSA) is 84.7 Å². The summed E-state index contributed by atoms with van der Waals surface area (Å²) in [6.45, 7) is 2.80. The molecule has 0 atom stereocenters. The van der Waals surface area contributed by atoms with Crippen molar-refractivity contribution in [2.24, 2.45) is 0 Å². The van der Waals surface area contributed by atoms with E-state index in [-0.39, 0.29) is 18.1 Å². The third kappa shape index (κ3) is 6.38. The smallest absolute Gasteiger partial charge is 0.271 e. The van der Waals surface area contributed by atoms with Crippen molar-refractivity contribution >= 4 is 17.3 Å². The van der Waals surface area contributed by atoms with E-state index in [0.717, 1.165) is 30.7 Å². The van der Waals surface area contributed by atoms with E-state index in [0.29, 0.717) is 5.69 Å². The highest BCUT2D eigenvalue weighted by Gasteiger charge is 2.12. The Labute approximate surface area is 159 Å². The molecule has 0 aromatic heterocycles. The first kappa shape index (κ1) is 20.4. The fraction of sp³-hybridized carbons (Fsp3) is 0.350. The van der Waals surface area contributed by atoms with Crippen LogP contribution in [0.2, 0.25) is 0 Å². The third-order valence-electron chi connectivity index (χ3n) is 4.28. The minimum absolute atomic E-state index is 0.0382. The molecule has 2 rings (SSSR count). The van der Waals surface area contributed by atoms with E-state index < -0.39 is 4.92 Å². The third-order valence-corrected chi connectivity index (χ3v) is 4.28. The average molecular weight is 371 g/mol. The van der Waals surface area contributed by atoms with E-state index >= 15 is 0 Å². The number of methoxy groups -OCH3 is 1. The lowest BCUT2D eigenvalue weighted by Crippen LogP contribution is -2.31. The second-order valence-corrected chi connectivity index (χ2v) is 6.49. The van der Waals surface area contributed by atoms with Crippen molar-refractivity contribution in [1.29, 1.82) is 0 Å². The minimum atomic E-state index is -0.472. The van der Waals surface area contributed by atoms with Gasteiger partial charge in [-0.05, 0) is 56.6 Å². The predicted octanol–water partition coefficient (Wildman–Crippen LogP) is 3.41. The number of ether oxygens (including phenoxy) is 1. The molecule has 0 aliphatic rings. The number of nitro benzene ring substituents is 1. The highest BCUT2D eigenvalue weighted by Crippen LogP contribution is 2.21. The number of nitro groups is 1. The molecule has 0 saturated carbocycles. The van der Waals surface area contributed by atoms with E-state index in [1.807, 2.05) is 36.2 Å². The van der Waals surface area contributed by atoms with E-state index in [2.05, 4.69) is 5.32 Å². The van der Waals surface area contributed by atoms with Crippen molar-refractivity contribution in [1.82, 2.24) is 4.90 Å². The quantitative estimate of drug-likeness (QED) is 0.539. The van der Waals surface area contributed by atoms with Crippen LogP contribution < -0.4 is 10.1 Å². The Hall–Kier alpha value is -2.93. The summed E-state index contributed by atoms with van der Waals surface area (Å²) < 4.78 is 5.14. The molecule has 0 heterocycles. The molecule has 0 aliphatic heterocycles. The van der Waals surface area contributed by atoms with Gasteiger partial charge in [0.2, 0.25) is 5.91 Å². The summed E-state index contributed by atoms with van der Waals surface area (Å²) in [5.74, 6) is 0.648. The van der Waals surface area contributed by atoms with Crippen LogP contribution in [0.1, 0.15) is 17.5 Å². The SMILES string of the molecule is COc1ccc(CCCN(C)CC(=O)Nc2cc([N+](=O)[O-])ccc2C)cc1. The number of hydrogen-bond acceptors (Lipinski definition) is 5. The van der Waals surface area contributed by atoms with Crippen LogP contribution in [0.5, 0.6) is 5.75 Å². The lowest BCUT2D eigenvalue weighted by molar-refractivity contribution is -0.384. The molecule has 2 aromatic carbocycles. The van der Waals surface area contributed by atoms with Crippen molar-refractivity contribution < 1.29 is 14.5 Å². The van der Waals surface area contributed by atoms with Crippen molar-refractivity contribution in [3.05, 3.63) is 63.7 Å². The monoisotopic (exact) mass is 371 g/mol. The first-order chi connectivity index (χ1) is 12.9. The van der Waals surface area contributed by atoms with Crippen LogP contribution >= 0.6 is 0 Å². The molecule has 1 N–H and O–H groups in total. The zero-order valence-corrected chi connectivity index (χ0v) is 15.9. The highest BCUT2D eigenvalue weighted by molar-refractivity contribution is 5.93. The summed E-state index contributed by atoms with van der Waals surface area (Å²) in [5, 5.41) is 13.6. The maximum absolute atomic E-state index is 12.2. The number of non-ortho nitro benzene ring substituents is 1. The number of aryl methyl sites for hydroxylation is 2. The molecule has 0 bridgehead atoms. The Kier molecular flexibility index (Phi) is 7.31. The van der Waals surface area contributed by atoms with Crippen LogP contribution in [0.4, 0.5) is 11.4 Å². The van der Waals surface area contributed by atoms with Gasteiger partial charge in [-0.1, -0.05) is 18.2 Å². The van der Waals surface area contributed by atoms with Crippen LogP contribution in [0, 0.1) is 17.0 Å². The Morgan fingerprint density at radius 2 is 1.93 bits per heavy atom. The maximum Gasteiger partial charge on any atom is 0.271 e. The van der Waals surface area contributed by atoms with Crippen molar-refractivity contribution in [3.63, 3.8) is 0 Å². The van der Waals surface area contributed by atoms with Crippen LogP contribution in [-0.4, -0.2) is 43.0 Å². The number of likely N-dealkylation sites (N-methyl/N-ethyl adjacent to an activating group) is 1. The molecule has 27 heavy (non-hydrogen) atoms. The van der Waals surface area contributed by atoms with Crippen LogP contribution in [0.25, 0.3) is 0 Å². The zero-order valence-electron chi connectivity index (χ0n) is 15.9. The van der Waals surface area contributed by atoms with Gasteiger partial charge in [-0.25, -0.2) is 0 Å². The summed E-state index contributed by atoms with van der Waals surface area (Å²) in [4.78, 5) is 24.6. The van der Waals surface area contributed by atoms with Crippen LogP contribution in [0.3, 0.4) is 0 Å². The molecule has 0 radical (unpaired) electrons. The normalized spacial score (nSPS) is 10.7. The lowest BCUT2D eigenvalue weighted by Gasteiger charge is -2.17. The summed E-state index contributed by atoms with van der Waals surface area (Å²) in [6.07, 6.45) is 1.84. The van der Waals surface area contributed by atoms with Gasteiger partial charge in [-0.15, -0.1) is 0 Å². The van der Waals surface area contributed by atoms with Gasteiger partial charge >= 0.3 is 0 Å². The van der Waals surface area contributed by atoms with Gasteiger partial charge in [0.15, 0.2) is 0 Å². The Morgan fingerprint density at radius 1 is 1.22 bits per heavy atom. The summed E-state index contributed by atoms with van der Waals surface area (Å²) in [6, 6.07) is 12.4. The molecule has 144 valence electrons. The number of benzene rings is 2. The van der Waals surface area contributed by atoms with Gasteiger partial charge in [0.25, 0.3) is 5.69 Å². The van der Waals surface area contributed by atoms with Crippen LogP contribution in [0.15, 0.2) is 42.5 Å². The van der Waals surface area contributed by atoms with Gasteiger partial charge in [-0.3, -0.25) is 19.8 Å². The molecule has 0 unspecified atom stereocenters. The summed E-state index contributed by atoms with van der Waals surface area (Å²) in [5.41, 5.74) is 2.45. The number of nitrogens with zero attached hydrogens (tertiary/aromatic N) is 2. The number of hydrogen-bond donors (Lipinski definition) is 1. The van der Waals surface area contributed by atoms with Crippen molar-refractivity contribution in [2.75, 3.05) is 32.6 Å². The molecule has 0 aliphatic carbocycles. The number of carbonyl (C=O) groups is 1. The molecular formula is C20H25N3O4. The first-order valence-corrected chi connectivity index (χ1v) is 8.75. The average Bonchev–Trinajstić information content (AvgIpc) is 2.63. The second-order valence-electron chi connectivity index (χ2n) is 6.49. The fourth-order valence-corrected chi connectivity index (χ4v) is 2.72. The number of rotatable bonds is 9. The van der Waals surface area contributed by atoms with Gasteiger partial charge < -0.3 is 10.1 Å². The summed E-state index contributed by atoms with van der Waals surface area (Å²) in [7, 11) is 3.53. The summed E-state index contributed by atoms with van der Waals surface area (Å²) >= 11 is 0. The van der Waals surface area contributed by atoms with E-state index in [4.69, 9.17) is 4.74 Å². The van der Waals surface area contributed by atoms with E-state index in [9.17, 15) is 14.9 Å². The molecule has 2 aromatic rings. The highest BCUT2D eigenvalue weighted by atomic mass is 16.6. The standard InChI is InChI=1S/C20H25N3O4/c1-15-6-9-17(23(25)26)13-19(15)21-20(24)14-22(2)12-4-5-16-7-10-18(27-3)11-8-16/h6-11,13H,4-5,12,14H2,1-3H3,(H,21,24). The molecule has 0 saturated heterocycles. The molecule has 7 heteroatoms. The van der Waals surface area contributed by atoms with Crippen molar-refractivity contribution in [3.8, 4) is 5.75 Å². The van der Waals surface area contributed by atoms with E-state index in [1.54, 1.807) is 20.1 Å². The van der Waals surface area contributed by atoms with Gasteiger partial charge in [0, 0.05) is 12.1 Å². The predicted molar refractivity (Wildman–Crippen MR) is 105 cm³/mol. The second kappa shape index (κ2) is 9.68. The number of amides is 1. The molecule has 0 spiro atoms. The number of carbonyl (C=O) groups excluding carboxylic acids is 1. The Balaban J connectivity index is 1.79. The van der Waals surface area contributed by atoms with Gasteiger partial charge in [-0.2, -0.15) is 0 Å². The fourth-order valence-electron chi connectivity index (χ4n) is 2.72. The molecule has 7 nitrogen and oxygen atoms in total. The Bertz CT molecular complexity index is 790. The van der Waals surface area contributed by atoms with Crippen LogP contribution in [-0.2, 0) is 11.2 Å². The minimum Gasteiger partial charge on any atom is -0.497 e. The molecular weight excluding hydrogens is 346 g/mol. The lowest BCUT2D eigenvalue weighted by atomic mass is 10.1. The van der Waals surface area contributed by atoms with Gasteiger partial charge in [0.05, 0.1) is 24.3 Å². The maximum atomic E-state index is 12.2. The number of nitrogens with one attached hydrogen (secondary N) is 1. The Morgan fingerprint density at radius 3 is 2.56 bits per heavy atom. The van der Waals surface area contributed by atoms with Gasteiger partial charge in [0.1, 0.15) is 5.75 Å². The molecule has 1 amide bonds. The zero-order chi connectivity index (χ0) is 19.8. The van der Waals surface area contributed by atoms with Crippen molar-refractivity contribution in [2.45, 2.75) is 19.8 Å². The van der Waals surface area contributed by atoms with E-state index in [1.165, 1.54) is 17.7 Å². The largest absolute Gasteiger partial charge is 0.497 e. The first-order valence-electron chi connectivity index (χ1n) is 8.75.